The van der Waals surface area contributed by atoms with E-state index in [1.807, 2.05) is 12.1 Å². The van der Waals surface area contributed by atoms with E-state index in [0.717, 1.165) is 42.3 Å². The fourth-order valence-corrected chi connectivity index (χ4v) is 3.90. The number of benzene rings is 1. The summed E-state index contributed by atoms with van der Waals surface area (Å²) in [5.41, 5.74) is 1.51. The smallest absolute Gasteiger partial charge is 0.251 e. The van der Waals surface area contributed by atoms with Crippen LogP contribution in [0.25, 0.3) is 0 Å². The maximum Gasteiger partial charge on any atom is 0.251 e. The molecule has 0 unspecified atom stereocenters. The van der Waals surface area contributed by atoms with Gasteiger partial charge >= 0.3 is 0 Å². The van der Waals surface area contributed by atoms with E-state index in [-0.39, 0.29) is 17.2 Å². The van der Waals surface area contributed by atoms with Gasteiger partial charge < -0.3 is 16.0 Å². The molecular formula is C17H23N3O2S. The van der Waals surface area contributed by atoms with Crippen molar-refractivity contribution in [2.45, 2.75) is 31.1 Å². The van der Waals surface area contributed by atoms with Crippen LogP contribution in [0.5, 0.6) is 0 Å². The van der Waals surface area contributed by atoms with Gasteiger partial charge in [-0.2, -0.15) is 0 Å². The predicted molar refractivity (Wildman–Crippen MR) is 93.0 cm³/mol. The van der Waals surface area contributed by atoms with E-state index in [2.05, 4.69) is 22.9 Å². The van der Waals surface area contributed by atoms with Crippen LogP contribution in [-0.4, -0.2) is 37.2 Å². The Morgan fingerprint density at radius 1 is 1.35 bits per heavy atom. The summed E-state index contributed by atoms with van der Waals surface area (Å²) in [6, 6.07) is 5.54. The second-order valence-corrected chi connectivity index (χ2v) is 7.74. The average molecular weight is 333 g/mol. The van der Waals surface area contributed by atoms with Crippen LogP contribution in [0, 0.1) is 5.41 Å². The van der Waals surface area contributed by atoms with Gasteiger partial charge in [-0.25, -0.2) is 0 Å². The molecule has 0 atom stereocenters. The molecule has 2 amide bonds. The molecule has 1 saturated heterocycles. The fraction of sp³-hybridized carbons (Fsp3) is 0.529. The second-order valence-electron chi connectivity index (χ2n) is 6.60. The second kappa shape index (κ2) is 6.93. The van der Waals surface area contributed by atoms with E-state index in [9.17, 15) is 9.59 Å². The van der Waals surface area contributed by atoms with Gasteiger partial charge in [-0.05, 0) is 49.5 Å². The van der Waals surface area contributed by atoms with Crippen LogP contribution in [0.15, 0.2) is 23.1 Å². The van der Waals surface area contributed by atoms with E-state index >= 15 is 0 Å². The third-order valence-corrected chi connectivity index (χ3v) is 5.66. The van der Waals surface area contributed by atoms with Crippen molar-refractivity contribution in [2.75, 3.05) is 30.7 Å². The van der Waals surface area contributed by atoms with Crippen LogP contribution in [0.1, 0.15) is 36.5 Å². The molecule has 0 saturated carbocycles. The van der Waals surface area contributed by atoms with Gasteiger partial charge in [-0.3, -0.25) is 9.59 Å². The molecule has 3 N–H and O–H groups in total. The van der Waals surface area contributed by atoms with Gasteiger partial charge in [0.1, 0.15) is 0 Å². The number of hydrogen-bond donors (Lipinski definition) is 3. The molecule has 0 spiro atoms. The maximum absolute atomic E-state index is 12.4. The number of amides is 2. The molecule has 2 aliphatic heterocycles. The number of nitrogens with one attached hydrogen (secondary N) is 3. The zero-order valence-corrected chi connectivity index (χ0v) is 14.2. The molecule has 0 radical (unpaired) electrons. The number of anilines is 1. The minimum Gasteiger partial charge on any atom is -0.351 e. The Morgan fingerprint density at radius 2 is 2.13 bits per heavy atom. The van der Waals surface area contributed by atoms with Gasteiger partial charge in [-0.1, -0.05) is 6.92 Å². The molecule has 1 fully saturated rings. The van der Waals surface area contributed by atoms with Crippen molar-refractivity contribution in [1.29, 1.82) is 0 Å². The zero-order chi connectivity index (χ0) is 16.3. The van der Waals surface area contributed by atoms with Crippen molar-refractivity contribution >= 4 is 29.3 Å². The van der Waals surface area contributed by atoms with Crippen LogP contribution in [0.2, 0.25) is 0 Å². The van der Waals surface area contributed by atoms with Crippen molar-refractivity contribution in [2.24, 2.45) is 5.41 Å². The normalized spacial score (nSPS) is 20.1. The zero-order valence-electron chi connectivity index (χ0n) is 13.4. The summed E-state index contributed by atoms with van der Waals surface area (Å²) < 4.78 is 0. The summed E-state index contributed by atoms with van der Waals surface area (Å²) in [5.74, 6) is 0.712. The molecule has 23 heavy (non-hydrogen) atoms. The molecule has 1 aromatic rings. The highest BCUT2D eigenvalue weighted by Gasteiger charge is 2.27. The standard InChI is InChI=1S/C17H23N3O2S/c1-17(5-7-18-8-6-17)11-19-16(22)12-2-3-14-13(10-12)20-15(21)4-9-23-14/h2-3,10,18H,4-9,11H2,1H3,(H,19,22)(H,20,21). The van der Waals surface area contributed by atoms with Gasteiger partial charge in [0.15, 0.2) is 0 Å². The number of hydrogen-bond acceptors (Lipinski definition) is 4. The highest BCUT2D eigenvalue weighted by molar-refractivity contribution is 7.99. The van der Waals surface area contributed by atoms with Crippen LogP contribution in [0.3, 0.4) is 0 Å². The minimum absolute atomic E-state index is 0.0102. The Bertz CT molecular complexity index is 612. The first-order chi connectivity index (χ1) is 11.1. The summed E-state index contributed by atoms with van der Waals surface area (Å²) >= 11 is 1.65. The minimum atomic E-state index is -0.0731. The van der Waals surface area contributed by atoms with E-state index in [1.54, 1.807) is 17.8 Å². The average Bonchev–Trinajstić information content (AvgIpc) is 2.73. The predicted octanol–water partition coefficient (Wildman–Crippen LogP) is 2.24. The summed E-state index contributed by atoms with van der Waals surface area (Å²) in [7, 11) is 0. The molecule has 5 nitrogen and oxygen atoms in total. The number of thioether (sulfide) groups is 1. The lowest BCUT2D eigenvalue weighted by molar-refractivity contribution is -0.115. The van der Waals surface area contributed by atoms with Crippen molar-refractivity contribution < 1.29 is 9.59 Å². The largest absolute Gasteiger partial charge is 0.351 e. The molecule has 1 aromatic carbocycles. The number of carbonyl (C=O) groups is 2. The van der Waals surface area contributed by atoms with E-state index in [0.29, 0.717) is 18.5 Å². The molecule has 0 bridgehead atoms. The van der Waals surface area contributed by atoms with E-state index in [4.69, 9.17) is 0 Å². The summed E-state index contributed by atoms with van der Waals surface area (Å²) in [6.07, 6.45) is 2.65. The van der Waals surface area contributed by atoms with Gasteiger partial charge in [0.05, 0.1) is 5.69 Å². The Balaban J connectivity index is 1.66. The van der Waals surface area contributed by atoms with E-state index < -0.39 is 0 Å². The third-order valence-electron chi connectivity index (χ3n) is 4.59. The van der Waals surface area contributed by atoms with Crippen molar-refractivity contribution in [1.82, 2.24) is 10.6 Å². The number of carbonyl (C=O) groups excluding carboxylic acids is 2. The third kappa shape index (κ3) is 4.06. The number of piperidine rings is 1. The van der Waals surface area contributed by atoms with Crippen LogP contribution in [-0.2, 0) is 4.79 Å². The Hall–Kier alpha value is -1.53. The van der Waals surface area contributed by atoms with Crippen molar-refractivity contribution in [3.8, 4) is 0 Å². The lowest BCUT2D eigenvalue weighted by Crippen LogP contribution is -2.42. The van der Waals surface area contributed by atoms with Crippen LogP contribution < -0.4 is 16.0 Å². The molecular weight excluding hydrogens is 310 g/mol. The molecule has 2 heterocycles. The fourth-order valence-electron chi connectivity index (χ4n) is 2.96. The lowest BCUT2D eigenvalue weighted by Gasteiger charge is -2.34. The molecule has 124 valence electrons. The highest BCUT2D eigenvalue weighted by Crippen LogP contribution is 2.31. The number of fused-ring (bicyclic) bond motifs is 1. The summed E-state index contributed by atoms with van der Waals surface area (Å²) in [5, 5.41) is 9.29. The Labute approximate surface area is 141 Å². The van der Waals surface area contributed by atoms with Crippen LogP contribution in [0.4, 0.5) is 5.69 Å². The van der Waals surface area contributed by atoms with Gasteiger partial charge in [0.2, 0.25) is 5.91 Å². The first-order valence-corrected chi connectivity index (χ1v) is 9.10. The van der Waals surface area contributed by atoms with Crippen molar-refractivity contribution in [3.05, 3.63) is 23.8 Å². The quantitative estimate of drug-likeness (QED) is 0.793. The van der Waals surface area contributed by atoms with Gasteiger partial charge in [0, 0.05) is 29.2 Å². The molecule has 6 heteroatoms. The van der Waals surface area contributed by atoms with Gasteiger partial charge in [-0.15, -0.1) is 11.8 Å². The summed E-state index contributed by atoms with van der Waals surface area (Å²) in [6.45, 7) is 4.93. The van der Waals surface area contributed by atoms with Gasteiger partial charge in [0.25, 0.3) is 5.91 Å². The molecule has 0 aromatic heterocycles. The van der Waals surface area contributed by atoms with Crippen LogP contribution >= 0.6 is 11.8 Å². The monoisotopic (exact) mass is 333 g/mol. The SMILES string of the molecule is CC1(CNC(=O)c2ccc3c(c2)NC(=O)CCS3)CCNCC1. The van der Waals surface area contributed by atoms with Crippen molar-refractivity contribution in [3.63, 3.8) is 0 Å². The summed E-state index contributed by atoms with van der Waals surface area (Å²) in [4.78, 5) is 25.1. The first-order valence-electron chi connectivity index (χ1n) is 8.11. The molecule has 3 rings (SSSR count). The number of rotatable bonds is 3. The Morgan fingerprint density at radius 3 is 2.91 bits per heavy atom. The first kappa shape index (κ1) is 16.3. The Kier molecular flexibility index (Phi) is 4.92. The topological polar surface area (TPSA) is 70.2 Å². The molecule has 2 aliphatic rings. The lowest BCUT2D eigenvalue weighted by atomic mass is 9.81. The highest BCUT2D eigenvalue weighted by atomic mass is 32.2. The maximum atomic E-state index is 12.4. The van der Waals surface area contributed by atoms with E-state index in [1.165, 1.54) is 0 Å². The molecule has 0 aliphatic carbocycles.